The SMILES string of the molecule is Nc1ccc(F)c(NC(=O)c2ccsc2)c1. The van der Waals surface area contributed by atoms with Crippen molar-refractivity contribution in [3.8, 4) is 0 Å². The number of hydrogen-bond acceptors (Lipinski definition) is 3. The molecule has 1 aromatic heterocycles. The van der Waals surface area contributed by atoms with Crippen LogP contribution in [0, 0.1) is 5.82 Å². The van der Waals surface area contributed by atoms with Crippen molar-refractivity contribution in [3.63, 3.8) is 0 Å². The topological polar surface area (TPSA) is 55.1 Å². The van der Waals surface area contributed by atoms with E-state index >= 15 is 0 Å². The highest BCUT2D eigenvalue weighted by Gasteiger charge is 2.09. The molecule has 0 unspecified atom stereocenters. The molecule has 0 saturated heterocycles. The minimum atomic E-state index is -0.502. The lowest BCUT2D eigenvalue weighted by molar-refractivity contribution is 0.102. The van der Waals surface area contributed by atoms with Gasteiger partial charge in [0.15, 0.2) is 0 Å². The summed E-state index contributed by atoms with van der Waals surface area (Å²) >= 11 is 1.41. The molecule has 0 spiro atoms. The Bertz CT molecular complexity index is 511. The number of nitrogens with one attached hydrogen (secondary N) is 1. The van der Waals surface area contributed by atoms with Gasteiger partial charge in [0, 0.05) is 11.1 Å². The molecule has 0 aliphatic rings. The smallest absolute Gasteiger partial charge is 0.256 e. The van der Waals surface area contributed by atoms with Crippen LogP contribution in [-0.2, 0) is 0 Å². The van der Waals surface area contributed by atoms with Crippen molar-refractivity contribution in [1.29, 1.82) is 0 Å². The molecule has 0 fully saturated rings. The van der Waals surface area contributed by atoms with Gasteiger partial charge in [-0.15, -0.1) is 0 Å². The van der Waals surface area contributed by atoms with Gasteiger partial charge in [-0.2, -0.15) is 11.3 Å². The Kier molecular flexibility index (Phi) is 2.87. The van der Waals surface area contributed by atoms with E-state index in [9.17, 15) is 9.18 Å². The van der Waals surface area contributed by atoms with E-state index < -0.39 is 5.82 Å². The Labute approximate surface area is 95.7 Å². The summed E-state index contributed by atoms with van der Waals surface area (Å²) in [5, 5.41) is 5.94. The van der Waals surface area contributed by atoms with Crippen LogP contribution in [0.15, 0.2) is 35.0 Å². The lowest BCUT2D eigenvalue weighted by Crippen LogP contribution is -2.12. The second kappa shape index (κ2) is 4.32. The molecule has 5 heteroatoms. The van der Waals surface area contributed by atoms with Gasteiger partial charge in [-0.1, -0.05) is 0 Å². The largest absolute Gasteiger partial charge is 0.399 e. The summed E-state index contributed by atoms with van der Waals surface area (Å²) in [5.74, 6) is -0.844. The quantitative estimate of drug-likeness (QED) is 0.788. The third-order valence-corrected chi connectivity index (χ3v) is 2.71. The molecule has 1 heterocycles. The highest BCUT2D eigenvalue weighted by molar-refractivity contribution is 7.08. The molecule has 16 heavy (non-hydrogen) atoms. The predicted molar refractivity (Wildman–Crippen MR) is 63.1 cm³/mol. The molecular formula is C11H9FN2OS. The maximum absolute atomic E-state index is 13.3. The van der Waals surface area contributed by atoms with E-state index in [1.807, 2.05) is 0 Å². The normalized spacial score (nSPS) is 10.1. The maximum atomic E-state index is 13.3. The summed E-state index contributed by atoms with van der Waals surface area (Å²) in [5.41, 5.74) is 6.51. The second-order valence-electron chi connectivity index (χ2n) is 3.21. The molecule has 82 valence electrons. The molecule has 2 rings (SSSR count). The van der Waals surface area contributed by atoms with Gasteiger partial charge in [0.05, 0.1) is 11.3 Å². The van der Waals surface area contributed by atoms with Crippen molar-refractivity contribution in [2.24, 2.45) is 0 Å². The van der Waals surface area contributed by atoms with Crippen molar-refractivity contribution >= 4 is 28.6 Å². The number of rotatable bonds is 2. The van der Waals surface area contributed by atoms with E-state index in [-0.39, 0.29) is 11.6 Å². The van der Waals surface area contributed by atoms with Crippen LogP contribution in [0.1, 0.15) is 10.4 Å². The zero-order chi connectivity index (χ0) is 11.5. The van der Waals surface area contributed by atoms with Crippen LogP contribution in [0.25, 0.3) is 0 Å². The first-order chi connectivity index (χ1) is 7.66. The fraction of sp³-hybridized carbons (Fsp3) is 0. The van der Waals surface area contributed by atoms with Crippen molar-refractivity contribution in [2.45, 2.75) is 0 Å². The van der Waals surface area contributed by atoms with Crippen molar-refractivity contribution in [1.82, 2.24) is 0 Å². The molecule has 2 aromatic rings. The molecule has 3 nitrogen and oxygen atoms in total. The minimum Gasteiger partial charge on any atom is -0.399 e. The first-order valence-electron chi connectivity index (χ1n) is 4.55. The fourth-order valence-corrected chi connectivity index (χ4v) is 1.86. The summed E-state index contributed by atoms with van der Waals surface area (Å²) in [7, 11) is 0. The van der Waals surface area contributed by atoms with Crippen LogP contribution in [-0.4, -0.2) is 5.91 Å². The van der Waals surface area contributed by atoms with Gasteiger partial charge in [-0.25, -0.2) is 4.39 Å². The number of hydrogen-bond donors (Lipinski definition) is 2. The van der Waals surface area contributed by atoms with Gasteiger partial charge in [0.2, 0.25) is 0 Å². The van der Waals surface area contributed by atoms with Crippen LogP contribution in [0.4, 0.5) is 15.8 Å². The first kappa shape index (κ1) is 10.6. The molecular weight excluding hydrogens is 227 g/mol. The third kappa shape index (κ3) is 2.20. The van der Waals surface area contributed by atoms with Gasteiger partial charge in [-0.3, -0.25) is 4.79 Å². The van der Waals surface area contributed by atoms with Crippen LogP contribution >= 0.6 is 11.3 Å². The summed E-state index contributed by atoms with van der Waals surface area (Å²) in [6.07, 6.45) is 0. The minimum absolute atomic E-state index is 0.0937. The summed E-state index contributed by atoms with van der Waals surface area (Å²) in [6.45, 7) is 0. The van der Waals surface area contributed by atoms with Crippen molar-refractivity contribution in [2.75, 3.05) is 11.1 Å². The van der Waals surface area contributed by atoms with Crippen molar-refractivity contribution < 1.29 is 9.18 Å². The number of nitrogens with two attached hydrogens (primary N) is 1. The number of nitrogen functional groups attached to an aromatic ring is 1. The number of carbonyl (C=O) groups is 1. The summed E-state index contributed by atoms with van der Waals surface area (Å²) < 4.78 is 13.3. The number of benzene rings is 1. The highest BCUT2D eigenvalue weighted by atomic mass is 32.1. The second-order valence-corrected chi connectivity index (χ2v) is 3.99. The Morgan fingerprint density at radius 2 is 2.19 bits per heavy atom. The van der Waals surface area contributed by atoms with Crippen LogP contribution in [0.3, 0.4) is 0 Å². The number of amides is 1. The van der Waals surface area contributed by atoms with Crippen LogP contribution < -0.4 is 11.1 Å². The molecule has 0 atom stereocenters. The monoisotopic (exact) mass is 236 g/mol. The molecule has 0 aliphatic heterocycles. The first-order valence-corrected chi connectivity index (χ1v) is 5.49. The van der Waals surface area contributed by atoms with Gasteiger partial charge in [0.25, 0.3) is 5.91 Å². The lowest BCUT2D eigenvalue weighted by atomic mass is 10.2. The molecule has 0 bridgehead atoms. The molecule has 3 N–H and O–H groups in total. The average molecular weight is 236 g/mol. The van der Waals surface area contributed by atoms with E-state index in [4.69, 9.17) is 5.73 Å². The molecule has 0 aliphatic carbocycles. The lowest BCUT2D eigenvalue weighted by Gasteiger charge is -2.05. The average Bonchev–Trinajstić information content (AvgIpc) is 2.76. The third-order valence-electron chi connectivity index (χ3n) is 2.02. The summed E-state index contributed by atoms with van der Waals surface area (Å²) in [4.78, 5) is 11.6. The van der Waals surface area contributed by atoms with Gasteiger partial charge in [-0.05, 0) is 29.6 Å². The zero-order valence-corrected chi connectivity index (χ0v) is 9.05. The number of halogens is 1. The van der Waals surface area contributed by atoms with Crippen LogP contribution in [0.5, 0.6) is 0 Å². The van der Waals surface area contributed by atoms with Crippen molar-refractivity contribution in [3.05, 3.63) is 46.4 Å². The standard InChI is InChI=1S/C11H9FN2OS/c12-9-2-1-8(13)5-10(9)14-11(15)7-3-4-16-6-7/h1-6H,13H2,(H,14,15). The molecule has 0 saturated carbocycles. The Morgan fingerprint density at radius 1 is 1.38 bits per heavy atom. The molecule has 0 radical (unpaired) electrons. The number of anilines is 2. The number of thiophene rings is 1. The highest BCUT2D eigenvalue weighted by Crippen LogP contribution is 2.18. The molecule has 1 aromatic carbocycles. The van der Waals surface area contributed by atoms with Gasteiger partial charge >= 0.3 is 0 Å². The van der Waals surface area contributed by atoms with E-state index in [0.717, 1.165) is 0 Å². The van der Waals surface area contributed by atoms with E-state index in [2.05, 4.69) is 5.32 Å². The van der Waals surface area contributed by atoms with Gasteiger partial charge in [0.1, 0.15) is 5.82 Å². The predicted octanol–water partition coefficient (Wildman–Crippen LogP) is 2.72. The Hall–Kier alpha value is -1.88. The number of carbonyl (C=O) groups excluding carboxylic acids is 1. The maximum Gasteiger partial charge on any atom is 0.256 e. The fourth-order valence-electron chi connectivity index (χ4n) is 1.23. The van der Waals surface area contributed by atoms with Gasteiger partial charge < -0.3 is 11.1 Å². The molecule has 1 amide bonds. The zero-order valence-electron chi connectivity index (χ0n) is 8.24. The Morgan fingerprint density at radius 3 is 2.88 bits per heavy atom. The Balaban J connectivity index is 2.21. The van der Waals surface area contributed by atoms with E-state index in [1.54, 1.807) is 16.8 Å². The van der Waals surface area contributed by atoms with E-state index in [0.29, 0.717) is 11.3 Å². The van der Waals surface area contributed by atoms with Crippen LogP contribution in [0.2, 0.25) is 0 Å². The van der Waals surface area contributed by atoms with E-state index in [1.165, 1.54) is 29.5 Å². The summed E-state index contributed by atoms with van der Waals surface area (Å²) in [6, 6.07) is 5.72.